The van der Waals surface area contributed by atoms with Crippen molar-refractivity contribution in [3.63, 3.8) is 0 Å². The van der Waals surface area contributed by atoms with Crippen LogP contribution in [0, 0.1) is 12.8 Å². The number of rotatable bonds is 6. The van der Waals surface area contributed by atoms with Crippen LogP contribution >= 0.6 is 0 Å². The molecule has 1 aliphatic heterocycles. The van der Waals surface area contributed by atoms with Crippen molar-refractivity contribution in [1.29, 1.82) is 0 Å². The molecular weight excluding hydrogens is 316 g/mol. The Kier molecular flexibility index (Phi) is 4.31. The molecule has 0 bridgehead atoms. The highest BCUT2D eigenvalue weighted by Gasteiger charge is 2.34. The van der Waals surface area contributed by atoms with Gasteiger partial charge in [-0.05, 0) is 32.0 Å². The highest BCUT2D eigenvalue weighted by molar-refractivity contribution is 7.89. The van der Waals surface area contributed by atoms with E-state index in [1.165, 1.54) is 4.31 Å². The number of sulfonamides is 1. The van der Waals surface area contributed by atoms with E-state index in [0.717, 1.165) is 5.69 Å². The standard InChI is InChI=1S/C14H20N6O2S/c1-3-23(21,22)19-9-12(10-19)8-15-13-4-5-14(17-16-13)20-7-6-11(2)18-20/h4-7,12H,3,8-10H2,1-2H3,(H,15,16). The Labute approximate surface area is 135 Å². The quantitative estimate of drug-likeness (QED) is 0.833. The van der Waals surface area contributed by atoms with Gasteiger partial charge in [-0.1, -0.05) is 0 Å². The molecule has 0 atom stereocenters. The van der Waals surface area contributed by atoms with E-state index in [2.05, 4.69) is 20.6 Å². The van der Waals surface area contributed by atoms with Crippen LogP contribution in [0.15, 0.2) is 24.4 Å². The first-order valence-corrected chi connectivity index (χ1v) is 9.17. The summed E-state index contributed by atoms with van der Waals surface area (Å²) in [4.78, 5) is 0. The predicted molar refractivity (Wildman–Crippen MR) is 86.9 cm³/mol. The molecule has 0 amide bonds. The molecule has 0 unspecified atom stereocenters. The molecule has 124 valence electrons. The third kappa shape index (κ3) is 3.50. The summed E-state index contributed by atoms with van der Waals surface area (Å²) in [5.41, 5.74) is 0.922. The maximum atomic E-state index is 11.7. The van der Waals surface area contributed by atoms with Gasteiger partial charge in [-0.25, -0.2) is 17.4 Å². The summed E-state index contributed by atoms with van der Waals surface area (Å²) in [6.45, 7) is 5.41. The molecule has 0 aliphatic carbocycles. The number of hydrogen-bond acceptors (Lipinski definition) is 6. The van der Waals surface area contributed by atoms with Crippen LogP contribution in [0.1, 0.15) is 12.6 Å². The monoisotopic (exact) mass is 336 g/mol. The molecule has 0 aromatic carbocycles. The van der Waals surface area contributed by atoms with E-state index in [1.54, 1.807) is 11.6 Å². The summed E-state index contributed by atoms with van der Waals surface area (Å²) in [5, 5.41) is 15.7. The van der Waals surface area contributed by atoms with Crippen LogP contribution in [0.4, 0.5) is 5.82 Å². The largest absolute Gasteiger partial charge is 0.368 e. The lowest BCUT2D eigenvalue weighted by atomic mass is 10.0. The van der Waals surface area contributed by atoms with Crippen LogP contribution in [0.2, 0.25) is 0 Å². The van der Waals surface area contributed by atoms with E-state index in [4.69, 9.17) is 0 Å². The molecule has 2 aromatic rings. The van der Waals surface area contributed by atoms with Crippen LogP contribution in [0.25, 0.3) is 5.82 Å². The molecule has 2 aromatic heterocycles. The van der Waals surface area contributed by atoms with E-state index in [9.17, 15) is 8.42 Å². The van der Waals surface area contributed by atoms with E-state index >= 15 is 0 Å². The molecule has 3 heterocycles. The zero-order chi connectivity index (χ0) is 16.4. The van der Waals surface area contributed by atoms with Gasteiger partial charge in [0, 0.05) is 31.7 Å². The fourth-order valence-electron chi connectivity index (χ4n) is 2.39. The Hall–Kier alpha value is -2.00. The summed E-state index contributed by atoms with van der Waals surface area (Å²) >= 11 is 0. The topological polar surface area (TPSA) is 93.0 Å². The Bertz CT molecular complexity index is 765. The van der Waals surface area contributed by atoms with Crippen LogP contribution in [0.5, 0.6) is 0 Å². The smallest absolute Gasteiger partial charge is 0.213 e. The second kappa shape index (κ2) is 6.25. The number of nitrogens with one attached hydrogen (secondary N) is 1. The Morgan fingerprint density at radius 2 is 2.04 bits per heavy atom. The van der Waals surface area contributed by atoms with Crippen molar-refractivity contribution in [3.8, 4) is 5.82 Å². The average molecular weight is 336 g/mol. The zero-order valence-corrected chi connectivity index (χ0v) is 14.0. The molecule has 23 heavy (non-hydrogen) atoms. The fraction of sp³-hybridized carbons (Fsp3) is 0.500. The van der Waals surface area contributed by atoms with Gasteiger partial charge < -0.3 is 5.32 Å². The van der Waals surface area contributed by atoms with Crippen LogP contribution in [-0.4, -0.2) is 58.1 Å². The van der Waals surface area contributed by atoms with Crippen molar-refractivity contribution in [2.24, 2.45) is 5.92 Å². The first-order valence-electron chi connectivity index (χ1n) is 7.56. The van der Waals surface area contributed by atoms with E-state index in [0.29, 0.717) is 37.2 Å². The van der Waals surface area contributed by atoms with Crippen LogP contribution in [0.3, 0.4) is 0 Å². The van der Waals surface area contributed by atoms with Gasteiger partial charge in [0.25, 0.3) is 0 Å². The molecule has 0 radical (unpaired) electrons. The van der Waals surface area contributed by atoms with Crippen molar-refractivity contribution < 1.29 is 8.42 Å². The highest BCUT2D eigenvalue weighted by atomic mass is 32.2. The minimum absolute atomic E-state index is 0.160. The number of aryl methyl sites for hydroxylation is 1. The van der Waals surface area contributed by atoms with Gasteiger partial charge in [-0.2, -0.15) is 5.10 Å². The van der Waals surface area contributed by atoms with Crippen molar-refractivity contribution in [2.75, 3.05) is 30.7 Å². The van der Waals surface area contributed by atoms with Crippen molar-refractivity contribution in [3.05, 3.63) is 30.1 Å². The number of hydrogen-bond donors (Lipinski definition) is 1. The third-order valence-electron chi connectivity index (χ3n) is 3.86. The summed E-state index contributed by atoms with van der Waals surface area (Å²) in [5.74, 6) is 1.81. The van der Waals surface area contributed by atoms with E-state index < -0.39 is 10.0 Å². The van der Waals surface area contributed by atoms with Crippen molar-refractivity contribution in [1.82, 2.24) is 24.3 Å². The van der Waals surface area contributed by atoms with Crippen molar-refractivity contribution in [2.45, 2.75) is 13.8 Å². The Balaban J connectivity index is 1.51. The van der Waals surface area contributed by atoms with Gasteiger partial charge in [0.05, 0.1) is 11.4 Å². The number of aromatic nitrogens is 4. The molecular formula is C14H20N6O2S. The third-order valence-corrected chi connectivity index (χ3v) is 5.68. The lowest BCUT2D eigenvalue weighted by Gasteiger charge is -2.37. The maximum Gasteiger partial charge on any atom is 0.213 e. The van der Waals surface area contributed by atoms with Gasteiger partial charge >= 0.3 is 0 Å². The molecule has 0 spiro atoms. The molecule has 1 saturated heterocycles. The van der Waals surface area contributed by atoms with E-state index in [1.807, 2.05) is 31.3 Å². The minimum Gasteiger partial charge on any atom is -0.368 e. The Morgan fingerprint density at radius 1 is 1.26 bits per heavy atom. The molecule has 3 rings (SSSR count). The van der Waals surface area contributed by atoms with Gasteiger partial charge in [0.2, 0.25) is 10.0 Å². The molecule has 0 saturated carbocycles. The van der Waals surface area contributed by atoms with Gasteiger partial charge in [0.15, 0.2) is 5.82 Å². The van der Waals surface area contributed by atoms with Crippen LogP contribution < -0.4 is 5.32 Å². The molecule has 1 fully saturated rings. The van der Waals surface area contributed by atoms with Crippen molar-refractivity contribution >= 4 is 15.8 Å². The molecule has 1 aliphatic rings. The summed E-state index contributed by atoms with van der Waals surface area (Å²) < 4.78 is 26.5. The normalized spacial score (nSPS) is 16.3. The Morgan fingerprint density at radius 3 is 2.61 bits per heavy atom. The lowest BCUT2D eigenvalue weighted by molar-refractivity contribution is 0.212. The van der Waals surface area contributed by atoms with Gasteiger partial charge in [-0.3, -0.25) is 0 Å². The summed E-state index contributed by atoms with van der Waals surface area (Å²) in [7, 11) is -3.04. The SMILES string of the molecule is CCS(=O)(=O)N1CC(CNc2ccc(-n3ccc(C)n3)nn2)C1. The number of anilines is 1. The first-order chi connectivity index (χ1) is 11.0. The zero-order valence-electron chi connectivity index (χ0n) is 13.2. The molecule has 1 N–H and O–H groups in total. The van der Waals surface area contributed by atoms with E-state index in [-0.39, 0.29) is 5.75 Å². The summed E-state index contributed by atoms with van der Waals surface area (Å²) in [6.07, 6.45) is 1.84. The first kappa shape index (κ1) is 15.9. The minimum atomic E-state index is -3.04. The molecule has 8 nitrogen and oxygen atoms in total. The van der Waals surface area contributed by atoms with Gasteiger partial charge in [0.1, 0.15) is 5.82 Å². The molecule has 9 heteroatoms. The highest BCUT2D eigenvalue weighted by Crippen LogP contribution is 2.20. The fourth-order valence-corrected chi connectivity index (χ4v) is 3.64. The summed E-state index contributed by atoms with van der Waals surface area (Å²) in [6, 6.07) is 5.59. The lowest BCUT2D eigenvalue weighted by Crippen LogP contribution is -2.52. The predicted octanol–water partition coefficient (Wildman–Crippen LogP) is 0.664. The second-order valence-electron chi connectivity index (χ2n) is 5.64. The second-order valence-corrected chi connectivity index (χ2v) is 7.90. The maximum absolute atomic E-state index is 11.7. The van der Waals surface area contributed by atoms with Crippen LogP contribution in [-0.2, 0) is 10.0 Å². The van der Waals surface area contributed by atoms with Gasteiger partial charge in [-0.15, -0.1) is 10.2 Å². The number of nitrogens with zero attached hydrogens (tertiary/aromatic N) is 5. The average Bonchev–Trinajstić information content (AvgIpc) is 2.92.